The molecular formula is C27H35N7O2. The van der Waals surface area contributed by atoms with Crippen LogP contribution in [0.3, 0.4) is 0 Å². The number of nitrogens with zero attached hydrogens (tertiary/aromatic N) is 6. The van der Waals surface area contributed by atoms with Gasteiger partial charge >= 0.3 is 6.03 Å². The van der Waals surface area contributed by atoms with E-state index >= 15 is 0 Å². The summed E-state index contributed by atoms with van der Waals surface area (Å²) in [7, 11) is 0. The summed E-state index contributed by atoms with van der Waals surface area (Å²) in [6.45, 7) is 9.76. The Morgan fingerprint density at radius 2 is 1.83 bits per heavy atom. The zero-order chi connectivity index (χ0) is 25.1. The van der Waals surface area contributed by atoms with Crippen LogP contribution < -0.4 is 5.32 Å². The van der Waals surface area contributed by atoms with Gasteiger partial charge in [0.15, 0.2) is 5.82 Å². The molecule has 0 bridgehead atoms. The van der Waals surface area contributed by atoms with Crippen molar-refractivity contribution in [3.63, 3.8) is 0 Å². The Kier molecular flexibility index (Phi) is 6.97. The molecule has 0 radical (unpaired) electrons. The highest BCUT2D eigenvalue weighted by molar-refractivity contribution is 5.94. The van der Waals surface area contributed by atoms with E-state index in [-0.39, 0.29) is 13.4 Å². The summed E-state index contributed by atoms with van der Waals surface area (Å²) in [5.41, 5.74) is 3.87. The molecule has 5 rings (SSSR count). The average molecular weight is 490 g/mol. The summed E-state index contributed by atoms with van der Waals surface area (Å²) < 4.78 is 2.18. The molecule has 2 aromatic heterocycles. The smallest absolute Gasteiger partial charge is 0.320 e. The van der Waals surface area contributed by atoms with Crippen LogP contribution in [0.15, 0.2) is 42.8 Å². The lowest BCUT2D eigenvalue weighted by molar-refractivity contribution is 0.0962. The van der Waals surface area contributed by atoms with Gasteiger partial charge in [0.05, 0.1) is 0 Å². The summed E-state index contributed by atoms with van der Waals surface area (Å²) >= 11 is 0. The van der Waals surface area contributed by atoms with Crippen molar-refractivity contribution >= 4 is 17.5 Å². The van der Waals surface area contributed by atoms with E-state index in [9.17, 15) is 9.59 Å². The molecule has 190 valence electrons. The minimum absolute atomic E-state index is 0. The second-order valence-electron chi connectivity index (χ2n) is 9.72. The van der Waals surface area contributed by atoms with Crippen molar-refractivity contribution in [3.8, 4) is 0 Å². The first-order chi connectivity index (χ1) is 17.5. The van der Waals surface area contributed by atoms with Gasteiger partial charge in [0.1, 0.15) is 11.5 Å². The molecule has 0 spiro atoms. The quantitative estimate of drug-likeness (QED) is 0.646. The number of fused-ring (bicyclic) bond motifs is 2. The summed E-state index contributed by atoms with van der Waals surface area (Å²) in [6, 6.07) is 1.89. The van der Waals surface area contributed by atoms with Crippen LogP contribution in [-0.2, 0) is 25.9 Å². The van der Waals surface area contributed by atoms with Crippen LogP contribution in [0.1, 0.15) is 67.3 Å². The van der Waals surface area contributed by atoms with Crippen LogP contribution in [-0.4, -0.2) is 61.1 Å². The third-order valence-electron chi connectivity index (χ3n) is 7.10. The van der Waals surface area contributed by atoms with Crippen LogP contribution in [0, 0.1) is 0 Å². The first-order valence-electron chi connectivity index (χ1n) is 12.8. The van der Waals surface area contributed by atoms with E-state index in [4.69, 9.17) is 0 Å². The molecule has 0 atom stereocenters. The molecule has 3 amide bonds. The number of nitrogens with one attached hydrogen (secondary N) is 1. The second-order valence-corrected chi connectivity index (χ2v) is 9.72. The Morgan fingerprint density at radius 1 is 1.03 bits per heavy atom. The number of hydrogen-bond donors (Lipinski definition) is 1. The molecule has 1 N–H and O–H groups in total. The predicted octanol–water partition coefficient (Wildman–Crippen LogP) is 3.73. The molecule has 1 saturated heterocycles. The first-order valence-corrected chi connectivity index (χ1v) is 12.8. The van der Waals surface area contributed by atoms with Gasteiger partial charge in [-0.1, -0.05) is 18.7 Å². The van der Waals surface area contributed by atoms with Gasteiger partial charge in [-0.2, -0.15) is 0 Å². The number of pyridine rings is 1. The monoisotopic (exact) mass is 489 g/mol. The molecular weight excluding hydrogens is 454 g/mol. The molecule has 2 aromatic rings. The zero-order valence-corrected chi connectivity index (χ0v) is 20.9. The summed E-state index contributed by atoms with van der Waals surface area (Å²) in [6.07, 6.45) is 13.5. The number of aryl methyl sites for hydroxylation is 1. The van der Waals surface area contributed by atoms with E-state index in [1.54, 1.807) is 18.3 Å². The van der Waals surface area contributed by atoms with Gasteiger partial charge in [0, 0.05) is 52.5 Å². The van der Waals surface area contributed by atoms with E-state index in [2.05, 4.69) is 31.6 Å². The van der Waals surface area contributed by atoms with Gasteiger partial charge in [-0.05, 0) is 67.9 Å². The molecule has 0 aromatic carbocycles. The third kappa shape index (κ3) is 5.10. The predicted molar refractivity (Wildman–Crippen MR) is 139 cm³/mol. The highest BCUT2D eigenvalue weighted by atomic mass is 16.2. The molecule has 9 nitrogen and oxygen atoms in total. The maximum absolute atomic E-state index is 12.8. The van der Waals surface area contributed by atoms with E-state index in [0.29, 0.717) is 24.5 Å². The van der Waals surface area contributed by atoms with Crippen LogP contribution >= 0.6 is 0 Å². The highest BCUT2D eigenvalue weighted by Gasteiger charge is 2.27. The number of urea groups is 1. The van der Waals surface area contributed by atoms with Crippen LogP contribution in [0.2, 0.25) is 0 Å². The average Bonchev–Trinajstić information content (AvgIpc) is 3.58. The van der Waals surface area contributed by atoms with Crippen molar-refractivity contribution in [2.45, 2.75) is 58.5 Å². The number of allylic oxidation sites excluding steroid dienone is 4. The number of carbonyl (C=O) groups excluding carboxylic acids is 2. The largest absolute Gasteiger partial charge is 0.325 e. The van der Waals surface area contributed by atoms with Crippen LogP contribution in [0.25, 0.3) is 5.57 Å². The van der Waals surface area contributed by atoms with E-state index < -0.39 is 0 Å². The molecule has 36 heavy (non-hydrogen) atoms. The van der Waals surface area contributed by atoms with Gasteiger partial charge in [-0.15, -0.1) is 10.2 Å². The van der Waals surface area contributed by atoms with E-state index in [1.807, 2.05) is 28.9 Å². The molecule has 0 unspecified atom stereocenters. The molecule has 3 aliphatic rings. The first kappa shape index (κ1) is 24.0. The molecule has 0 saturated carbocycles. The summed E-state index contributed by atoms with van der Waals surface area (Å²) in [5, 5.41) is 11.4. The Hall–Kier alpha value is -3.75. The number of hydrogen-bond acceptors (Lipinski definition) is 5. The summed E-state index contributed by atoms with van der Waals surface area (Å²) in [5.74, 6) is 1.62. The number of likely N-dealkylation sites (tertiary alicyclic amines) is 1. The normalized spacial score (nSPS) is 17.8. The Morgan fingerprint density at radius 3 is 2.67 bits per heavy atom. The minimum atomic E-state index is -0.317. The highest BCUT2D eigenvalue weighted by Crippen LogP contribution is 2.22. The van der Waals surface area contributed by atoms with Crippen molar-refractivity contribution in [1.29, 1.82) is 0 Å². The van der Waals surface area contributed by atoms with Crippen LogP contribution in [0.4, 0.5) is 4.79 Å². The van der Waals surface area contributed by atoms with Gasteiger partial charge in [-0.3, -0.25) is 9.78 Å². The maximum Gasteiger partial charge on any atom is 0.320 e. The van der Waals surface area contributed by atoms with E-state index in [1.165, 1.54) is 0 Å². The lowest BCUT2D eigenvalue weighted by atomic mass is 10.0. The molecule has 1 fully saturated rings. The van der Waals surface area contributed by atoms with Crippen molar-refractivity contribution in [3.05, 3.63) is 71.2 Å². The fraction of sp³-hybridized carbons (Fsp3) is 0.444. The molecule has 5 heterocycles. The SMILES string of the molecule is C=C(/C=C\C=C(/C)c1nnc2n1CCCC2)NC(=O)c1cc2c(cn1)CCN(C(=O)N1CCCC1)C2.[HH]. The second kappa shape index (κ2) is 10.5. The van der Waals surface area contributed by atoms with Crippen molar-refractivity contribution < 1.29 is 11.0 Å². The van der Waals surface area contributed by atoms with Crippen molar-refractivity contribution in [2.75, 3.05) is 19.6 Å². The fourth-order valence-electron chi connectivity index (χ4n) is 5.07. The van der Waals surface area contributed by atoms with Gasteiger partial charge in [-0.25, -0.2) is 4.79 Å². The van der Waals surface area contributed by atoms with Gasteiger partial charge in [0.25, 0.3) is 5.91 Å². The molecule has 3 aliphatic heterocycles. The van der Waals surface area contributed by atoms with Gasteiger partial charge < -0.3 is 19.7 Å². The fourth-order valence-corrected chi connectivity index (χ4v) is 5.07. The van der Waals surface area contributed by atoms with Crippen LogP contribution in [0.5, 0.6) is 0 Å². The molecule has 9 heteroatoms. The standard InChI is InChI=1S/C27H33N7O2.H2/c1-19(25-31-30-24-10-3-4-14-34(24)25)8-7-9-20(2)29-26(35)23-16-22-18-33(15-11-21(22)17-28-23)27(36)32-12-5-6-13-32;/h7-9,16-17H,2-6,10-15,18H2,1H3,(H,29,35);1H/b9-7-,19-8+;. The number of aromatic nitrogens is 4. The Balaban J connectivity index is 0.00000320. The topological polar surface area (TPSA) is 96.2 Å². The lowest BCUT2D eigenvalue weighted by Gasteiger charge is -2.32. The Bertz CT molecular complexity index is 1240. The van der Waals surface area contributed by atoms with E-state index in [0.717, 1.165) is 86.5 Å². The van der Waals surface area contributed by atoms with Crippen molar-refractivity contribution in [1.82, 2.24) is 34.9 Å². The Labute approximate surface area is 213 Å². The van der Waals surface area contributed by atoms with Gasteiger partial charge in [0.2, 0.25) is 0 Å². The molecule has 0 aliphatic carbocycles. The number of rotatable bonds is 5. The lowest BCUT2D eigenvalue weighted by Crippen LogP contribution is -2.44. The number of amides is 3. The zero-order valence-electron chi connectivity index (χ0n) is 20.9. The third-order valence-corrected chi connectivity index (χ3v) is 7.10. The summed E-state index contributed by atoms with van der Waals surface area (Å²) in [4.78, 5) is 33.8. The number of carbonyl (C=O) groups is 2. The maximum atomic E-state index is 12.8. The minimum Gasteiger partial charge on any atom is -0.325 e. The van der Waals surface area contributed by atoms with Crippen molar-refractivity contribution in [2.24, 2.45) is 0 Å².